The van der Waals surface area contributed by atoms with E-state index in [1.807, 2.05) is 19.1 Å². The largest absolute Gasteiger partial charge is 0.322 e. The normalized spacial score (nSPS) is 14.8. The molecule has 1 heterocycles. The highest BCUT2D eigenvalue weighted by Gasteiger charge is 2.16. The van der Waals surface area contributed by atoms with Crippen molar-refractivity contribution in [2.24, 2.45) is 0 Å². The van der Waals surface area contributed by atoms with Gasteiger partial charge >= 0.3 is 0 Å². The van der Waals surface area contributed by atoms with Crippen LogP contribution in [0.4, 0.5) is 0 Å². The van der Waals surface area contributed by atoms with Crippen molar-refractivity contribution in [3.8, 4) is 0 Å². The molecule has 1 amide bonds. The van der Waals surface area contributed by atoms with E-state index in [9.17, 15) is 4.79 Å². The van der Waals surface area contributed by atoms with Gasteiger partial charge in [0.05, 0.1) is 0 Å². The molecule has 0 spiro atoms. The SMILES string of the molecule is C=C1NC(=O)C=C1c1c#cc(C)cc1. The highest BCUT2D eigenvalue weighted by atomic mass is 16.1. The molecule has 1 N–H and O–H groups in total. The van der Waals surface area contributed by atoms with Gasteiger partial charge in [-0.15, -0.1) is 0 Å². The average molecular weight is 183 g/mol. The molecule has 0 fully saturated rings. The highest BCUT2D eigenvalue weighted by Crippen LogP contribution is 2.22. The van der Waals surface area contributed by atoms with Crippen LogP contribution in [0.5, 0.6) is 0 Å². The average Bonchev–Trinajstić information content (AvgIpc) is 2.47. The standard InChI is InChI=1S/C12H9NO/c1-8-3-5-10(6-4-8)11-7-12(14)13-9(11)2/h3,5,7H,2H2,1H3,(H,13,14). The van der Waals surface area contributed by atoms with Crippen LogP contribution in [0.2, 0.25) is 0 Å². The van der Waals surface area contributed by atoms with E-state index in [1.165, 1.54) is 6.08 Å². The minimum Gasteiger partial charge on any atom is -0.322 e. The Labute approximate surface area is 82.9 Å². The molecule has 2 nitrogen and oxygen atoms in total. The summed E-state index contributed by atoms with van der Waals surface area (Å²) in [5, 5.41) is 2.62. The third kappa shape index (κ3) is 1.40. The number of rotatable bonds is 1. The summed E-state index contributed by atoms with van der Waals surface area (Å²) in [5.41, 5.74) is 3.30. The lowest BCUT2D eigenvalue weighted by Gasteiger charge is -2.00. The van der Waals surface area contributed by atoms with Crippen molar-refractivity contribution >= 4 is 11.5 Å². The summed E-state index contributed by atoms with van der Waals surface area (Å²) in [6.07, 6.45) is 1.53. The number of allylic oxidation sites excluding steroid dienone is 1. The van der Waals surface area contributed by atoms with E-state index in [2.05, 4.69) is 24.0 Å². The highest BCUT2D eigenvalue weighted by molar-refractivity contribution is 6.06. The molecular weight excluding hydrogens is 174 g/mol. The second kappa shape index (κ2) is 3.04. The molecule has 2 heteroatoms. The van der Waals surface area contributed by atoms with E-state index in [0.29, 0.717) is 5.70 Å². The summed E-state index contributed by atoms with van der Waals surface area (Å²) in [4.78, 5) is 11.0. The lowest BCUT2D eigenvalue weighted by molar-refractivity contribution is -0.115. The molecule has 1 aromatic carbocycles. The smallest absolute Gasteiger partial charge is 0.249 e. The maximum Gasteiger partial charge on any atom is 0.249 e. The first kappa shape index (κ1) is 8.58. The van der Waals surface area contributed by atoms with Crippen molar-refractivity contribution in [1.82, 2.24) is 5.32 Å². The Hall–Kier alpha value is -2.01. The van der Waals surface area contributed by atoms with Crippen LogP contribution in [-0.2, 0) is 4.79 Å². The molecule has 0 unspecified atom stereocenters. The van der Waals surface area contributed by atoms with Crippen LogP contribution < -0.4 is 5.32 Å². The van der Waals surface area contributed by atoms with E-state index >= 15 is 0 Å². The molecule has 0 atom stereocenters. The summed E-state index contributed by atoms with van der Waals surface area (Å²) in [5.74, 6) is -0.126. The van der Waals surface area contributed by atoms with Crippen molar-refractivity contribution in [1.29, 1.82) is 0 Å². The summed E-state index contributed by atoms with van der Waals surface area (Å²) in [6, 6.07) is 9.79. The van der Waals surface area contributed by atoms with E-state index < -0.39 is 0 Å². The number of aryl methyl sites for hydroxylation is 1. The summed E-state index contributed by atoms with van der Waals surface area (Å²) in [6.45, 7) is 5.70. The third-order valence-corrected chi connectivity index (χ3v) is 2.06. The van der Waals surface area contributed by atoms with Crippen molar-refractivity contribution in [2.75, 3.05) is 0 Å². The van der Waals surface area contributed by atoms with E-state index in [-0.39, 0.29) is 5.91 Å². The minimum absolute atomic E-state index is 0.126. The molecule has 0 aromatic heterocycles. The van der Waals surface area contributed by atoms with Crippen LogP contribution in [-0.4, -0.2) is 5.91 Å². The minimum atomic E-state index is -0.126. The summed E-state index contributed by atoms with van der Waals surface area (Å²) < 4.78 is 0. The fraction of sp³-hybridized carbons (Fsp3) is 0.0833. The zero-order chi connectivity index (χ0) is 10.1. The predicted molar refractivity (Wildman–Crippen MR) is 54.1 cm³/mol. The van der Waals surface area contributed by atoms with E-state index in [4.69, 9.17) is 0 Å². The Kier molecular flexibility index (Phi) is 1.86. The Balaban J connectivity index is 2.41. The fourth-order valence-corrected chi connectivity index (χ4v) is 1.33. The predicted octanol–water partition coefficient (Wildman–Crippen LogP) is 1.62. The Bertz CT molecular complexity index is 426. The Morgan fingerprint density at radius 2 is 2.14 bits per heavy atom. The molecule has 1 aliphatic heterocycles. The Morgan fingerprint density at radius 3 is 2.64 bits per heavy atom. The molecule has 14 heavy (non-hydrogen) atoms. The molecule has 0 saturated carbocycles. The number of nitrogens with one attached hydrogen (secondary N) is 1. The molecule has 2 rings (SSSR count). The monoisotopic (exact) mass is 183 g/mol. The number of hydrogen-bond donors (Lipinski definition) is 1. The van der Waals surface area contributed by atoms with Gasteiger partial charge in [-0.3, -0.25) is 4.79 Å². The second-order valence-corrected chi connectivity index (χ2v) is 3.21. The third-order valence-electron chi connectivity index (χ3n) is 2.06. The summed E-state index contributed by atoms with van der Waals surface area (Å²) in [7, 11) is 0. The molecule has 0 aliphatic carbocycles. The van der Waals surface area contributed by atoms with E-state index in [1.54, 1.807) is 0 Å². The van der Waals surface area contributed by atoms with Gasteiger partial charge in [0.1, 0.15) is 0 Å². The van der Waals surface area contributed by atoms with Crippen molar-refractivity contribution in [2.45, 2.75) is 6.92 Å². The molecule has 68 valence electrons. The van der Waals surface area contributed by atoms with Gasteiger partial charge in [0.15, 0.2) is 0 Å². The van der Waals surface area contributed by atoms with Crippen LogP contribution in [0.1, 0.15) is 11.1 Å². The lowest BCUT2D eigenvalue weighted by Crippen LogP contribution is -2.12. The maximum absolute atomic E-state index is 11.0. The zero-order valence-corrected chi connectivity index (χ0v) is 7.85. The van der Waals surface area contributed by atoms with Crippen molar-refractivity contribution < 1.29 is 4.79 Å². The number of amides is 1. The second-order valence-electron chi connectivity index (χ2n) is 3.21. The molecule has 1 aliphatic rings. The van der Waals surface area contributed by atoms with Gasteiger partial charge in [-0.2, -0.15) is 0 Å². The Morgan fingerprint density at radius 1 is 1.36 bits per heavy atom. The van der Waals surface area contributed by atoms with Gasteiger partial charge in [-0.05, 0) is 24.6 Å². The first-order valence-corrected chi connectivity index (χ1v) is 4.30. The van der Waals surface area contributed by atoms with E-state index in [0.717, 1.165) is 16.7 Å². The van der Waals surface area contributed by atoms with Gasteiger partial charge in [0, 0.05) is 22.9 Å². The lowest BCUT2D eigenvalue weighted by atomic mass is 10.1. The number of carbonyl (C=O) groups excluding carboxylic acids is 1. The first-order valence-electron chi connectivity index (χ1n) is 4.30. The summed E-state index contributed by atoms with van der Waals surface area (Å²) >= 11 is 0. The zero-order valence-electron chi connectivity index (χ0n) is 7.85. The quantitative estimate of drug-likeness (QED) is 0.704. The van der Waals surface area contributed by atoms with Crippen molar-refractivity contribution in [3.05, 3.63) is 53.7 Å². The molecular formula is C12H9NO. The van der Waals surface area contributed by atoms with Crippen LogP contribution in [0.25, 0.3) is 5.57 Å². The van der Waals surface area contributed by atoms with Crippen molar-refractivity contribution in [3.63, 3.8) is 0 Å². The van der Waals surface area contributed by atoms with Gasteiger partial charge in [0.2, 0.25) is 5.91 Å². The van der Waals surface area contributed by atoms with Gasteiger partial charge in [-0.1, -0.05) is 18.7 Å². The van der Waals surface area contributed by atoms with Gasteiger partial charge in [0.25, 0.3) is 0 Å². The number of carbonyl (C=O) groups is 1. The number of hydrogen-bond acceptors (Lipinski definition) is 1. The maximum atomic E-state index is 11.0. The van der Waals surface area contributed by atoms with Crippen LogP contribution in [0, 0.1) is 19.1 Å². The fourth-order valence-electron chi connectivity index (χ4n) is 1.33. The van der Waals surface area contributed by atoms with Crippen LogP contribution in [0.15, 0.2) is 30.5 Å². The molecule has 0 saturated heterocycles. The van der Waals surface area contributed by atoms with Crippen LogP contribution in [0.3, 0.4) is 0 Å². The first-order chi connectivity index (χ1) is 6.66. The van der Waals surface area contributed by atoms with Crippen LogP contribution >= 0.6 is 0 Å². The molecule has 1 aromatic rings. The van der Waals surface area contributed by atoms with Gasteiger partial charge < -0.3 is 5.32 Å². The molecule has 0 bridgehead atoms. The topological polar surface area (TPSA) is 29.1 Å². The van der Waals surface area contributed by atoms with Gasteiger partial charge in [-0.25, -0.2) is 0 Å². The molecule has 0 radical (unpaired) electrons.